The van der Waals surface area contributed by atoms with Crippen LogP contribution in [0, 0.1) is 12.3 Å². The van der Waals surface area contributed by atoms with Crippen LogP contribution in [-0.2, 0) is 4.74 Å². The van der Waals surface area contributed by atoms with Crippen LogP contribution in [0.1, 0.15) is 18.5 Å². The van der Waals surface area contributed by atoms with Gasteiger partial charge in [-0.3, -0.25) is 4.98 Å². The zero-order valence-corrected chi connectivity index (χ0v) is 14.6. The summed E-state index contributed by atoms with van der Waals surface area (Å²) in [6.45, 7) is 7.20. The van der Waals surface area contributed by atoms with E-state index in [1.54, 1.807) is 12.4 Å². The van der Waals surface area contributed by atoms with Crippen LogP contribution >= 0.6 is 0 Å². The van der Waals surface area contributed by atoms with Crippen LogP contribution in [0.5, 0.6) is 0 Å². The molecule has 2 aliphatic heterocycles. The first-order chi connectivity index (χ1) is 12.2. The molecule has 0 aliphatic carbocycles. The van der Waals surface area contributed by atoms with Gasteiger partial charge in [-0.15, -0.1) is 5.10 Å². The molecule has 2 fully saturated rings. The molecule has 2 aliphatic rings. The zero-order valence-electron chi connectivity index (χ0n) is 14.6. The molecule has 1 atom stereocenters. The topological polar surface area (TPSA) is 67.3 Å². The fourth-order valence-electron chi connectivity index (χ4n) is 3.85. The molecule has 0 aromatic carbocycles. The number of piperidine rings is 1. The summed E-state index contributed by atoms with van der Waals surface area (Å²) < 4.78 is 5.99. The second kappa shape index (κ2) is 6.92. The first kappa shape index (κ1) is 16.2. The number of rotatable bonds is 2. The quantitative estimate of drug-likeness (QED) is 0.824. The Morgan fingerprint density at radius 1 is 1.04 bits per heavy atom. The Morgan fingerprint density at radius 3 is 2.68 bits per heavy atom. The zero-order chi connectivity index (χ0) is 17.1. The summed E-state index contributed by atoms with van der Waals surface area (Å²) in [6, 6.07) is 4.10. The SMILES string of the molecule is Cc1ccc(N2CCC[C@@]3(COCCN(c4cnccn4)C3)C2)nn1. The summed E-state index contributed by atoms with van der Waals surface area (Å²) in [5, 5.41) is 8.60. The van der Waals surface area contributed by atoms with Crippen molar-refractivity contribution in [3.63, 3.8) is 0 Å². The Labute approximate surface area is 148 Å². The number of nitrogens with zero attached hydrogens (tertiary/aromatic N) is 6. The Morgan fingerprint density at radius 2 is 1.92 bits per heavy atom. The molecule has 1 spiro atoms. The molecule has 4 heterocycles. The summed E-state index contributed by atoms with van der Waals surface area (Å²) in [5.41, 5.74) is 1.03. The van der Waals surface area contributed by atoms with Gasteiger partial charge in [0, 0.05) is 44.0 Å². The molecular formula is C18H24N6O. The maximum Gasteiger partial charge on any atom is 0.151 e. The van der Waals surface area contributed by atoms with Crippen LogP contribution < -0.4 is 9.80 Å². The summed E-state index contributed by atoms with van der Waals surface area (Å²) in [6.07, 6.45) is 7.59. The van der Waals surface area contributed by atoms with Gasteiger partial charge in [0.15, 0.2) is 5.82 Å². The van der Waals surface area contributed by atoms with Gasteiger partial charge in [-0.25, -0.2) is 4.98 Å². The van der Waals surface area contributed by atoms with Crippen LogP contribution in [0.4, 0.5) is 11.6 Å². The van der Waals surface area contributed by atoms with Gasteiger partial charge in [-0.2, -0.15) is 5.10 Å². The van der Waals surface area contributed by atoms with Gasteiger partial charge in [0.05, 0.1) is 25.1 Å². The van der Waals surface area contributed by atoms with Crippen LogP contribution in [0.3, 0.4) is 0 Å². The summed E-state index contributed by atoms with van der Waals surface area (Å²) in [4.78, 5) is 13.4. The van der Waals surface area contributed by atoms with Crippen molar-refractivity contribution >= 4 is 11.6 Å². The smallest absolute Gasteiger partial charge is 0.151 e. The summed E-state index contributed by atoms with van der Waals surface area (Å²) in [7, 11) is 0. The van der Waals surface area contributed by atoms with Crippen molar-refractivity contribution in [2.24, 2.45) is 5.41 Å². The van der Waals surface area contributed by atoms with E-state index in [-0.39, 0.29) is 5.41 Å². The lowest BCUT2D eigenvalue weighted by Gasteiger charge is -2.44. The molecule has 2 saturated heterocycles. The highest BCUT2D eigenvalue weighted by Gasteiger charge is 2.39. The first-order valence-electron chi connectivity index (χ1n) is 8.88. The van der Waals surface area contributed by atoms with Crippen molar-refractivity contribution in [1.29, 1.82) is 0 Å². The van der Waals surface area contributed by atoms with Crippen molar-refractivity contribution in [1.82, 2.24) is 20.2 Å². The number of aromatic nitrogens is 4. The Kier molecular flexibility index (Phi) is 4.48. The highest BCUT2D eigenvalue weighted by molar-refractivity contribution is 5.40. The molecule has 0 unspecified atom stereocenters. The average Bonchev–Trinajstić information content (AvgIpc) is 2.86. The molecule has 0 bridgehead atoms. The highest BCUT2D eigenvalue weighted by Crippen LogP contribution is 2.35. The summed E-state index contributed by atoms with van der Waals surface area (Å²) in [5.74, 6) is 1.89. The third-order valence-corrected chi connectivity index (χ3v) is 5.08. The number of ether oxygens (including phenoxy) is 1. The molecule has 0 saturated carbocycles. The van der Waals surface area contributed by atoms with Crippen molar-refractivity contribution < 1.29 is 4.74 Å². The lowest BCUT2D eigenvalue weighted by atomic mass is 9.80. The Hall–Kier alpha value is -2.28. The molecule has 7 nitrogen and oxygen atoms in total. The van der Waals surface area contributed by atoms with Gasteiger partial charge >= 0.3 is 0 Å². The van der Waals surface area contributed by atoms with Crippen LogP contribution in [-0.4, -0.2) is 59.6 Å². The number of aryl methyl sites for hydroxylation is 1. The van der Waals surface area contributed by atoms with E-state index >= 15 is 0 Å². The third kappa shape index (κ3) is 3.56. The van der Waals surface area contributed by atoms with E-state index in [4.69, 9.17) is 4.74 Å². The monoisotopic (exact) mass is 340 g/mol. The number of hydrogen-bond donors (Lipinski definition) is 0. The molecular weight excluding hydrogens is 316 g/mol. The fraction of sp³-hybridized carbons (Fsp3) is 0.556. The van der Waals surface area contributed by atoms with E-state index in [0.29, 0.717) is 0 Å². The van der Waals surface area contributed by atoms with Gasteiger partial charge in [0.2, 0.25) is 0 Å². The second-order valence-corrected chi connectivity index (χ2v) is 7.10. The van der Waals surface area contributed by atoms with E-state index in [1.165, 1.54) is 0 Å². The minimum atomic E-state index is 0.0822. The lowest BCUT2D eigenvalue weighted by molar-refractivity contribution is 0.0597. The van der Waals surface area contributed by atoms with Crippen LogP contribution in [0.25, 0.3) is 0 Å². The maximum absolute atomic E-state index is 5.99. The van der Waals surface area contributed by atoms with Crippen LogP contribution in [0.2, 0.25) is 0 Å². The largest absolute Gasteiger partial charge is 0.379 e. The lowest BCUT2D eigenvalue weighted by Crippen LogP contribution is -2.51. The van der Waals surface area contributed by atoms with Gasteiger partial charge < -0.3 is 14.5 Å². The van der Waals surface area contributed by atoms with E-state index in [9.17, 15) is 0 Å². The minimum absolute atomic E-state index is 0.0822. The van der Waals surface area contributed by atoms with E-state index in [0.717, 1.165) is 69.6 Å². The predicted molar refractivity (Wildman–Crippen MR) is 95.7 cm³/mol. The Balaban J connectivity index is 1.55. The van der Waals surface area contributed by atoms with Crippen molar-refractivity contribution in [2.75, 3.05) is 49.2 Å². The molecule has 132 valence electrons. The van der Waals surface area contributed by atoms with Crippen molar-refractivity contribution in [3.8, 4) is 0 Å². The standard InChI is InChI=1S/C18H24N6O/c1-15-3-4-16(22-21-15)23-8-2-5-18(12-23)13-24(9-10-25-14-18)17-11-19-6-7-20-17/h3-4,6-7,11H,2,5,8-10,12-14H2,1H3/t18-/m1/s1. The van der Waals surface area contributed by atoms with Crippen LogP contribution in [0.15, 0.2) is 30.7 Å². The summed E-state index contributed by atoms with van der Waals surface area (Å²) >= 11 is 0. The van der Waals surface area contributed by atoms with Gasteiger partial charge in [-0.1, -0.05) is 0 Å². The van der Waals surface area contributed by atoms with E-state index in [2.05, 4.69) is 36.0 Å². The first-order valence-corrected chi connectivity index (χ1v) is 8.88. The molecule has 0 radical (unpaired) electrons. The minimum Gasteiger partial charge on any atom is -0.379 e. The number of anilines is 2. The third-order valence-electron chi connectivity index (χ3n) is 5.08. The fourth-order valence-corrected chi connectivity index (χ4v) is 3.85. The maximum atomic E-state index is 5.99. The molecule has 0 amide bonds. The average molecular weight is 340 g/mol. The molecule has 7 heteroatoms. The normalized spacial score (nSPS) is 24.4. The number of hydrogen-bond acceptors (Lipinski definition) is 7. The van der Waals surface area contributed by atoms with Gasteiger partial charge in [-0.05, 0) is 31.9 Å². The van der Waals surface area contributed by atoms with Gasteiger partial charge in [0.25, 0.3) is 0 Å². The molecule has 25 heavy (non-hydrogen) atoms. The van der Waals surface area contributed by atoms with E-state index < -0.39 is 0 Å². The highest BCUT2D eigenvalue weighted by atomic mass is 16.5. The van der Waals surface area contributed by atoms with Crippen molar-refractivity contribution in [3.05, 3.63) is 36.4 Å². The molecule has 0 N–H and O–H groups in total. The molecule has 2 aromatic rings. The predicted octanol–water partition coefficient (Wildman–Crippen LogP) is 1.70. The molecule has 2 aromatic heterocycles. The van der Waals surface area contributed by atoms with Gasteiger partial charge in [0.1, 0.15) is 5.82 Å². The van der Waals surface area contributed by atoms with E-state index in [1.807, 2.05) is 19.2 Å². The Bertz CT molecular complexity index is 694. The molecule has 4 rings (SSSR count). The second-order valence-electron chi connectivity index (χ2n) is 7.10. The van der Waals surface area contributed by atoms with Crippen molar-refractivity contribution in [2.45, 2.75) is 19.8 Å².